The number of pyridine rings is 1. The molecule has 1 aromatic heterocycles. The normalized spacial score (nSPS) is 12.0. The van der Waals surface area contributed by atoms with E-state index >= 15 is 0 Å². The van der Waals surface area contributed by atoms with Gasteiger partial charge in [0.05, 0.1) is 13.7 Å². The monoisotopic (exact) mass is 286 g/mol. The lowest BCUT2D eigenvalue weighted by Gasteiger charge is -2.27. The van der Waals surface area contributed by atoms with Gasteiger partial charge >= 0.3 is 0 Å². The molecule has 0 aliphatic carbocycles. The molecule has 4 nitrogen and oxygen atoms in total. The van der Waals surface area contributed by atoms with Crippen molar-refractivity contribution < 1.29 is 9.84 Å². The van der Waals surface area contributed by atoms with E-state index in [0.717, 1.165) is 23.6 Å². The van der Waals surface area contributed by atoms with Crippen LogP contribution in [0.15, 0.2) is 42.6 Å². The highest BCUT2D eigenvalue weighted by atomic mass is 16.5. The van der Waals surface area contributed by atoms with Gasteiger partial charge in [-0.05, 0) is 42.7 Å². The Morgan fingerprint density at radius 3 is 2.76 bits per heavy atom. The van der Waals surface area contributed by atoms with E-state index in [1.54, 1.807) is 13.3 Å². The molecule has 1 N–H and O–H groups in total. The molecule has 1 atom stereocenters. The first-order chi connectivity index (χ1) is 10.2. The molecular formula is C17H22N2O2. The number of aromatic nitrogens is 1. The summed E-state index contributed by atoms with van der Waals surface area (Å²) in [5, 5.41) is 9.22. The predicted molar refractivity (Wildman–Crippen MR) is 84.7 cm³/mol. The van der Waals surface area contributed by atoms with Crippen LogP contribution in [0.1, 0.15) is 18.1 Å². The fourth-order valence-electron chi connectivity index (χ4n) is 2.30. The number of aliphatic hydroxyl groups excluding tert-OH is 1. The predicted octanol–water partition coefficient (Wildman–Crippen LogP) is 2.65. The number of hydrogen-bond donors (Lipinski definition) is 1. The third-order valence-electron chi connectivity index (χ3n) is 3.72. The van der Waals surface area contributed by atoms with Gasteiger partial charge in [0.2, 0.25) is 0 Å². The largest absolute Gasteiger partial charge is 0.496 e. The minimum atomic E-state index is 0.0320. The first-order valence-corrected chi connectivity index (χ1v) is 7.06. The zero-order chi connectivity index (χ0) is 15.2. The molecule has 2 rings (SSSR count). The number of hydrogen-bond acceptors (Lipinski definition) is 4. The van der Waals surface area contributed by atoms with Crippen molar-refractivity contribution in [3.63, 3.8) is 0 Å². The van der Waals surface area contributed by atoms with E-state index in [1.807, 2.05) is 37.4 Å². The minimum absolute atomic E-state index is 0.0320. The number of anilines is 1. The van der Waals surface area contributed by atoms with Crippen LogP contribution in [0.4, 0.5) is 5.82 Å². The summed E-state index contributed by atoms with van der Waals surface area (Å²) in [6.45, 7) is 2.18. The van der Waals surface area contributed by atoms with Gasteiger partial charge in [0.25, 0.3) is 0 Å². The summed E-state index contributed by atoms with van der Waals surface area (Å²) in [6.07, 6.45) is 2.60. The zero-order valence-electron chi connectivity index (χ0n) is 12.8. The van der Waals surface area contributed by atoms with E-state index in [2.05, 4.69) is 22.9 Å². The Morgan fingerprint density at radius 2 is 2.05 bits per heavy atom. The second-order valence-corrected chi connectivity index (χ2v) is 5.16. The lowest BCUT2D eigenvalue weighted by molar-refractivity contribution is 0.281. The summed E-state index contributed by atoms with van der Waals surface area (Å²) in [6, 6.07) is 12.1. The van der Waals surface area contributed by atoms with Crippen molar-refractivity contribution in [1.29, 1.82) is 0 Å². The molecule has 0 saturated carbocycles. The van der Waals surface area contributed by atoms with Crippen molar-refractivity contribution in [2.24, 2.45) is 0 Å². The van der Waals surface area contributed by atoms with E-state index in [4.69, 9.17) is 4.74 Å². The molecule has 0 radical (unpaired) electrons. The van der Waals surface area contributed by atoms with Gasteiger partial charge in [-0.3, -0.25) is 0 Å². The van der Waals surface area contributed by atoms with Gasteiger partial charge in [0.15, 0.2) is 0 Å². The quantitative estimate of drug-likeness (QED) is 0.887. The molecule has 21 heavy (non-hydrogen) atoms. The minimum Gasteiger partial charge on any atom is -0.496 e. The van der Waals surface area contributed by atoms with E-state index in [0.29, 0.717) is 0 Å². The highest BCUT2D eigenvalue weighted by Gasteiger charge is 2.14. The molecule has 0 fully saturated rings. The second-order valence-electron chi connectivity index (χ2n) is 5.16. The SMILES string of the molecule is COc1ccccc1CC(C)N(C)c1cc(CO)ccn1. The van der Waals surface area contributed by atoms with Crippen LogP contribution in [-0.2, 0) is 13.0 Å². The first-order valence-electron chi connectivity index (χ1n) is 7.06. The molecule has 4 heteroatoms. The van der Waals surface area contributed by atoms with E-state index in [-0.39, 0.29) is 12.6 Å². The Morgan fingerprint density at radius 1 is 1.29 bits per heavy atom. The number of ether oxygens (including phenoxy) is 1. The fourth-order valence-corrected chi connectivity index (χ4v) is 2.30. The summed E-state index contributed by atoms with van der Waals surface area (Å²) in [5.74, 6) is 1.78. The molecule has 2 aromatic rings. The summed E-state index contributed by atoms with van der Waals surface area (Å²) < 4.78 is 5.40. The number of para-hydroxylation sites is 1. The van der Waals surface area contributed by atoms with Crippen LogP contribution in [0.25, 0.3) is 0 Å². The van der Waals surface area contributed by atoms with Gasteiger partial charge in [-0.1, -0.05) is 18.2 Å². The third-order valence-corrected chi connectivity index (χ3v) is 3.72. The van der Waals surface area contributed by atoms with Gasteiger partial charge < -0.3 is 14.7 Å². The van der Waals surface area contributed by atoms with Gasteiger partial charge in [-0.15, -0.1) is 0 Å². The fraction of sp³-hybridized carbons (Fsp3) is 0.353. The smallest absolute Gasteiger partial charge is 0.128 e. The number of benzene rings is 1. The van der Waals surface area contributed by atoms with Crippen LogP contribution in [0.2, 0.25) is 0 Å². The number of nitrogens with zero attached hydrogens (tertiary/aromatic N) is 2. The Balaban J connectivity index is 2.13. The Hall–Kier alpha value is -2.07. The van der Waals surface area contributed by atoms with Crippen LogP contribution in [-0.4, -0.2) is 30.3 Å². The molecule has 0 saturated heterocycles. The highest BCUT2D eigenvalue weighted by Crippen LogP contribution is 2.22. The lowest BCUT2D eigenvalue weighted by Crippen LogP contribution is -2.31. The van der Waals surface area contributed by atoms with E-state index in [9.17, 15) is 5.11 Å². The first kappa shape index (κ1) is 15.3. The Kier molecular flexibility index (Phi) is 5.17. The van der Waals surface area contributed by atoms with Crippen molar-refractivity contribution in [3.8, 4) is 5.75 Å². The molecule has 1 heterocycles. The maximum Gasteiger partial charge on any atom is 0.128 e. The van der Waals surface area contributed by atoms with Crippen molar-refractivity contribution >= 4 is 5.82 Å². The molecule has 0 bridgehead atoms. The summed E-state index contributed by atoms with van der Waals surface area (Å²) in [5.41, 5.74) is 2.05. The maximum absolute atomic E-state index is 9.22. The molecule has 0 spiro atoms. The molecular weight excluding hydrogens is 264 g/mol. The molecule has 112 valence electrons. The van der Waals surface area contributed by atoms with Gasteiger partial charge in [-0.2, -0.15) is 0 Å². The average molecular weight is 286 g/mol. The highest BCUT2D eigenvalue weighted by molar-refractivity contribution is 5.42. The van der Waals surface area contributed by atoms with Crippen LogP contribution < -0.4 is 9.64 Å². The Labute approximate surface area is 126 Å². The van der Waals surface area contributed by atoms with E-state index < -0.39 is 0 Å². The molecule has 0 aliphatic heterocycles. The van der Waals surface area contributed by atoms with Crippen LogP contribution in [0, 0.1) is 0 Å². The standard InChI is InChI=1S/C17H22N2O2/c1-13(10-15-6-4-5-7-16(15)21-3)19(2)17-11-14(12-20)8-9-18-17/h4-9,11,13,20H,10,12H2,1-3H3. The number of rotatable bonds is 6. The summed E-state index contributed by atoms with van der Waals surface area (Å²) in [7, 11) is 3.71. The molecule has 0 amide bonds. The maximum atomic E-state index is 9.22. The van der Waals surface area contributed by atoms with Gasteiger partial charge in [0, 0.05) is 19.3 Å². The summed E-state index contributed by atoms with van der Waals surface area (Å²) in [4.78, 5) is 6.49. The van der Waals surface area contributed by atoms with Crippen molar-refractivity contribution in [2.75, 3.05) is 19.1 Å². The Bertz CT molecular complexity index is 587. The summed E-state index contributed by atoms with van der Waals surface area (Å²) >= 11 is 0. The van der Waals surface area contributed by atoms with Crippen molar-refractivity contribution in [3.05, 3.63) is 53.7 Å². The number of aliphatic hydroxyl groups is 1. The second kappa shape index (κ2) is 7.09. The van der Waals surface area contributed by atoms with Crippen molar-refractivity contribution in [1.82, 2.24) is 4.98 Å². The topological polar surface area (TPSA) is 45.6 Å². The van der Waals surface area contributed by atoms with Crippen LogP contribution in [0.3, 0.4) is 0 Å². The average Bonchev–Trinajstić information content (AvgIpc) is 2.54. The van der Waals surface area contributed by atoms with Gasteiger partial charge in [0.1, 0.15) is 11.6 Å². The number of methoxy groups -OCH3 is 1. The zero-order valence-corrected chi connectivity index (χ0v) is 12.8. The van der Waals surface area contributed by atoms with Crippen LogP contribution >= 0.6 is 0 Å². The molecule has 1 aromatic carbocycles. The lowest BCUT2D eigenvalue weighted by atomic mass is 10.0. The third kappa shape index (κ3) is 3.73. The van der Waals surface area contributed by atoms with E-state index in [1.165, 1.54) is 5.56 Å². The molecule has 1 unspecified atom stereocenters. The van der Waals surface area contributed by atoms with Crippen molar-refractivity contribution in [2.45, 2.75) is 26.0 Å². The number of likely N-dealkylation sites (N-methyl/N-ethyl adjacent to an activating group) is 1. The van der Waals surface area contributed by atoms with Crippen LogP contribution in [0.5, 0.6) is 5.75 Å². The molecule has 0 aliphatic rings. The van der Waals surface area contributed by atoms with Gasteiger partial charge in [-0.25, -0.2) is 4.98 Å².